The maximum atomic E-state index is 12.0. The highest BCUT2D eigenvalue weighted by Crippen LogP contribution is 2.08. The van der Waals surface area contributed by atoms with E-state index >= 15 is 0 Å². The van der Waals surface area contributed by atoms with E-state index in [9.17, 15) is 9.59 Å². The Balaban J connectivity index is 3.01. The molecule has 2 amide bonds. The predicted octanol–water partition coefficient (Wildman–Crippen LogP) is -1.02. The van der Waals surface area contributed by atoms with Crippen LogP contribution in [0.1, 0.15) is 15.9 Å². The van der Waals surface area contributed by atoms with Crippen molar-refractivity contribution >= 4 is 11.8 Å². The minimum atomic E-state index is -0.595. The number of nitrogens with two attached hydrogens (primary N) is 1. The Morgan fingerprint density at radius 2 is 2.28 bits per heavy atom. The Kier molecular flexibility index (Phi) is 4.84. The number of nitrogens with zero attached hydrogens (tertiary/aromatic N) is 2. The highest BCUT2D eigenvalue weighted by atomic mass is 16.2. The van der Waals surface area contributed by atoms with Gasteiger partial charge in [0.2, 0.25) is 5.91 Å². The summed E-state index contributed by atoms with van der Waals surface area (Å²) in [5.41, 5.74) is 5.73. The first kappa shape index (κ1) is 13.7. The van der Waals surface area contributed by atoms with Gasteiger partial charge in [-0.2, -0.15) is 0 Å². The number of likely N-dealkylation sites (N-methyl/N-ethyl adjacent to an activating group) is 1. The van der Waals surface area contributed by atoms with Crippen LogP contribution in [0, 0.1) is 11.8 Å². The summed E-state index contributed by atoms with van der Waals surface area (Å²) in [6, 6.07) is 1.50. The van der Waals surface area contributed by atoms with Crippen LogP contribution in [0.15, 0.2) is 18.5 Å². The Labute approximate surface area is 104 Å². The zero-order valence-corrected chi connectivity index (χ0v) is 9.88. The number of hydrogen-bond acceptors (Lipinski definition) is 4. The molecule has 3 N–H and O–H groups in total. The lowest BCUT2D eigenvalue weighted by Gasteiger charge is -2.15. The molecule has 0 unspecified atom stereocenters. The van der Waals surface area contributed by atoms with Crippen LogP contribution in [-0.2, 0) is 4.79 Å². The molecule has 0 radical (unpaired) electrons. The van der Waals surface area contributed by atoms with E-state index in [1.807, 2.05) is 0 Å². The number of hydrogen-bond donors (Lipinski definition) is 2. The number of carbonyl (C=O) groups is 2. The Morgan fingerprint density at radius 3 is 2.89 bits per heavy atom. The SMILES string of the molecule is CN(CC(N)=O)C(=O)c1ccncc1C#CCO. The first-order valence-electron chi connectivity index (χ1n) is 5.13. The fraction of sp³-hybridized carbons (Fsp3) is 0.250. The van der Waals surface area contributed by atoms with Gasteiger partial charge in [-0.1, -0.05) is 11.8 Å². The second-order valence-corrected chi connectivity index (χ2v) is 3.51. The van der Waals surface area contributed by atoms with Gasteiger partial charge in [0.05, 0.1) is 17.7 Å². The molecule has 1 heterocycles. The van der Waals surface area contributed by atoms with Gasteiger partial charge in [0.15, 0.2) is 0 Å². The molecule has 6 heteroatoms. The summed E-state index contributed by atoms with van der Waals surface area (Å²) in [5, 5.41) is 8.63. The molecule has 6 nitrogen and oxygen atoms in total. The number of pyridine rings is 1. The van der Waals surface area contributed by atoms with Crippen molar-refractivity contribution in [2.45, 2.75) is 0 Å². The molecule has 0 bridgehead atoms. The van der Waals surface area contributed by atoms with Gasteiger partial charge in [-0.05, 0) is 6.07 Å². The van der Waals surface area contributed by atoms with Gasteiger partial charge in [-0.15, -0.1) is 0 Å². The Morgan fingerprint density at radius 1 is 1.56 bits per heavy atom. The number of amides is 2. The highest BCUT2D eigenvalue weighted by molar-refractivity contribution is 5.98. The van der Waals surface area contributed by atoms with Crippen LogP contribution in [0.3, 0.4) is 0 Å². The topological polar surface area (TPSA) is 96.5 Å². The molecular weight excluding hydrogens is 234 g/mol. The first-order valence-corrected chi connectivity index (χ1v) is 5.13. The number of aromatic nitrogens is 1. The molecule has 1 aromatic heterocycles. The van der Waals surface area contributed by atoms with E-state index in [0.717, 1.165) is 0 Å². The summed E-state index contributed by atoms with van der Waals surface area (Å²) in [7, 11) is 1.47. The fourth-order valence-corrected chi connectivity index (χ4v) is 1.33. The second kappa shape index (κ2) is 6.37. The monoisotopic (exact) mass is 247 g/mol. The molecule has 0 aliphatic heterocycles. The Bertz CT molecular complexity index is 517. The molecule has 94 valence electrons. The van der Waals surface area contributed by atoms with E-state index in [-0.39, 0.29) is 19.1 Å². The summed E-state index contributed by atoms with van der Waals surface area (Å²) in [6.07, 6.45) is 2.88. The minimum Gasteiger partial charge on any atom is -0.384 e. The number of aliphatic hydroxyl groups is 1. The normalized spacial score (nSPS) is 9.22. The van der Waals surface area contributed by atoms with Crippen LogP contribution in [0.5, 0.6) is 0 Å². The number of primary amides is 1. The molecule has 18 heavy (non-hydrogen) atoms. The van der Waals surface area contributed by atoms with Crippen LogP contribution < -0.4 is 5.73 Å². The summed E-state index contributed by atoms with van der Waals surface area (Å²) < 4.78 is 0. The summed E-state index contributed by atoms with van der Waals surface area (Å²) in [6.45, 7) is -0.478. The lowest BCUT2D eigenvalue weighted by atomic mass is 10.1. The maximum Gasteiger partial charge on any atom is 0.255 e. The molecule has 0 spiro atoms. The summed E-state index contributed by atoms with van der Waals surface area (Å²) in [5.74, 6) is 4.10. The summed E-state index contributed by atoms with van der Waals surface area (Å²) >= 11 is 0. The van der Waals surface area contributed by atoms with Gasteiger partial charge >= 0.3 is 0 Å². The largest absolute Gasteiger partial charge is 0.384 e. The van der Waals surface area contributed by atoms with Crippen molar-refractivity contribution in [3.05, 3.63) is 29.6 Å². The van der Waals surface area contributed by atoms with Crippen molar-refractivity contribution in [2.75, 3.05) is 20.2 Å². The second-order valence-electron chi connectivity index (χ2n) is 3.51. The molecule has 0 atom stereocenters. The fourth-order valence-electron chi connectivity index (χ4n) is 1.33. The Hall–Kier alpha value is -2.39. The van der Waals surface area contributed by atoms with Crippen LogP contribution in [0.25, 0.3) is 0 Å². The number of carbonyl (C=O) groups excluding carboxylic acids is 2. The molecule has 0 fully saturated rings. The molecular formula is C12H13N3O3. The smallest absolute Gasteiger partial charge is 0.255 e. The summed E-state index contributed by atoms with van der Waals surface area (Å²) in [4.78, 5) is 27.8. The van der Waals surface area contributed by atoms with Crippen LogP contribution in [-0.4, -0.2) is 47.0 Å². The van der Waals surface area contributed by atoms with Crippen molar-refractivity contribution in [1.82, 2.24) is 9.88 Å². The van der Waals surface area contributed by atoms with Gasteiger partial charge in [-0.25, -0.2) is 0 Å². The zero-order chi connectivity index (χ0) is 13.5. The third-order valence-electron chi connectivity index (χ3n) is 2.09. The average molecular weight is 247 g/mol. The zero-order valence-electron chi connectivity index (χ0n) is 9.88. The van der Waals surface area contributed by atoms with Crippen LogP contribution >= 0.6 is 0 Å². The minimum absolute atomic E-state index is 0.173. The lowest BCUT2D eigenvalue weighted by molar-refractivity contribution is -0.118. The van der Waals surface area contributed by atoms with E-state index in [1.54, 1.807) is 0 Å². The molecule has 0 aromatic carbocycles. The van der Waals surface area contributed by atoms with Crippen molar-refractivity contribution in [3.63, 3.8) is 0 Å². The maximum absolute atomic E-state index is 12.0. The average Bonchev–Trinajstić information content (AvgIpc) is 2.35. The molecule has 0 aliphatic rings. The van der Waals surface area contributed by atoms with E-state index in [1.165, 1.54) is 30.4 Å². The molecule has 0 aliphatic carbocycles. The van der Waals surface area contributed by atoms with Gasteiger partial charge in [0, 0.05) is 19.4 Å². The highest BCUT2D eigenvalue weighted by Gasteiger charge is 2.16. The van der Waals surface area contributed by atoms with Crippen molar-refractivity contribution < 1.29 is 14.7 Å². The standard InChI is InChI=1S/C12H13N3O3/c1-15(8-11(13)17)12(18)10-4-5-14-7-9(10)3-2-6-16/h4-5,7,16H,6,8H2,1H3,(H2,13,17). The molecule has 0 saturated carbocycles. The van der Waals surface area contributed by atoms with E-state index < -0.39 is 5.91 Å². The van der Waals surface area contributed by atoms with Crippen molar-refractivity contribution in [1.29, 1.82) is 0 Å². The van der Waals surface area contributed by atoms with Crippen LogP contribution in [0.2, 0.25) is 0 Å². The van der Waals surface area contributed by atoms with E-state index in [4.69, 9.17) is 10.8 Å². The quantitative estimate of drug-likeness (QED) is 0.668. The van der Waals surface area contributed by atoms with Gasteiger partial charge < -0.3 is 15.7 Å². The third-order valence-corrected chi connectivity index (χ3v) is 2.09. The predicted molar refractivity (Wildman–Crippen MR) is 64.4 cm³/mol. The van der Waals surface area contributed by atoms with E-state index in [2.05, 4.69) is 16.8 Å². The van der Waals surface area contributed by atoms with Crippen molar-refractivity contribution in [3.8, 4) is 11.8 Å². The molecule has 1 rings (SSSR count). The number of aliphatic hydroxyl groups excluding tert-OH is 1. The van der Waals surface area contributed by atoms with Gasteiger partial charge in [0.1, 0.15) is 6.61 Å². The lowest BCUT2D eigenvalue weighted by Crippen LogP contribution is -2.35. The van der Waals surface area contributed by atoms with Gasteiger partial charge in [-0.3, -0.25) is 14.6 Å². The van der Waals surface area contributed by atoms with Crippen LogP contribution in [0.4, 0.5) is 0 Å². The first-order chi connectivity index (χ1) is 8.56. The number of rotatable bonds is 3. The van der Waals surface area contributed by atoms with Gasteiger partial charge in [0.25, 0.3) is 5.91 Å². The molecule has 0 saturated heterocycles. The molecule has 1 aromatic rings. The van der Waals surface area contributed by atoms with E-state index in [0.29, 0.717) is 11.1 Å². The third kappa shape index (κ3) is 3.57. The van der Waals surface area contributed by atoms with Crippen molar-refractivity contribution in [2.24, 2.45) is 5.73 Å².